The smallest absolute Gasteiger partial charge is 0.323 e. The lowest BCUT2D eigenvalue weighted by atomic mass is 9.58. The van der Waals surface area contributed by atoms with Crippen molar-refractivity contribution in [3.63, 3.8) is 0 Å². The van der Waals surface area contributed by atoms with E-state index in [1.807, 2.05) is 0 Å². The molecule has 0 bridgehead atoms. The molecule has 0 spiro atoms. The number of carboxylic acid groups (broad SMARTS) is 1. The zero-order chi connectivity index (χ0) is 24.7. The standard InChI is InChI=1S/C25H26O8S/c1-32-22(26)15-13-16(14-15)25(23(27)28,24(29)33-2)12-11-17-18-7-3-5-9-20(18)34(30,31)21-10-6-4-8-19(17)21/h3-10,15-17H,11-14H2,1-2H3,(H,27,28). The maximum atomic E-state index is 13.2. The van der Waals surface area contributed by atoms with E-state index in [9.17, 15) is 27.9 Å². The summed E-state index contributed by atoms with van der Waals surface area (Å²) < 4.78 is 36.1. The van der Waals surface area contributed by atoms with Gasteiger partial charge in [-0.05, 0) is 54.9 Å². The summed E-state index contributed by atoms with van der Waals surface area (Å²) >= 11 is 0. The number of hydrogen-bond acceptors (Lipinski definition) is 7. The summed E-state index contributed by atoms with van der Waals surface area (Å²) in [5, 5.41) is 10.2. The van der Waals surface area contributed by atoms with Crippen molar-refractivity contribution in [2.45, 2.75) is 41.4 Å². The molecule has 34 heavy (non-hydrogen) atoms. The third-order valence-electron chi connectivity index (χ3n) is 7.30. The summed E-state index contributed by atoms with van der Waals surface area (Å²) in [4.78, 5) is 37.7. The van der Waals surface area contributed by atoms with Crippen LogP contribution in [0.1, 0.15) is 42.7 Å². The highest BCUT2D eigenvalue weighted by Crippen LogP contribution is 2.52. The predicted octanol–water partition coefficient (Wildman–Crippen LogP) is 3.19. The summed E-state index contributed by atoms with van der Waals surface area (Å²) in [6, 6.07) is 13.3. The second kappa shape index (κ2) is 8.87. The Morgan fingerprint density at radius 1 is 0.941 bits per heavy atom. The molecule has 9 heteroatoms. The van der Waals surface area contributed by atoms with E-state index in [1.54, 1.807) is 48.5 Å². The highest BCUT2D eigenvalue weighted by Gasteiger charge is 2.58. The van der Waals surface area contributed by atoms with Gasteiger partial charge in [-0.2, -0.15) is 0 Å². The SMILES string of the molecule is COC(=O)C1CC(C(CCC2c3ccccc3S(=O)(=O)c3ccccc32)(C(=O)O)C(=O)OC)C1. The van der Waals surface area contributed by atoms with Crippen molar-refractivity contribution in [1.29, 1.82) is 0 Å². The molecule has 4 rings (SSSR count). The van der Waals surface area contributed by atoms with Crippen LogP contribution >= 0.6 is 0 Å². The van der Waals surface area contributed by atoms with Crippen molar-refractivity contribution in [1.82, 2.24) is 0 Å². The topological polar surface area (TPSA) is 124 Å². The van der Waals surface area contributed by atoms with E-state index in [4.69, 9.17) is 9.47 Å². The van der Waals surface area contributed by atoms with E-state index >= 15 is 0 Å². The molecule has 180 valence electrons. The number of hydrogen-bond donors (Lipinski definition) is 1. The summed E-state index contributed by atoms with van der Waals surface area (Å²) in [6.45, 7) is 0. The molecule has 2 aromatic rings. The van der Waals surface area contributed by atoms with Gasteiger partial charge in [0.05, 0.1) is 29.9 Å². The molecule has 1 fully saturated rings. The number of fused-ring (bicyclic) bond motifs is 2. The van der Waals surface area contributed by atoms with Crippen LogP contribution in [0.2, 0.25) is 0 Å². The Balaban J connectivity index is 1.72. The third-order valence-corrected chi connectivity index (χ3v) is 9.20. The second-order valence-electron chi connectivity index (χ2n) is 8.83. The van der Waals surface area contributed by atoms with Crippen molar-refractivity contribution < 1.29 is 37.4 Å². The van der Waals surface area contributed by atoms with Gasteiger partial charge in [0, 0.05) is 5.92 Å². The fourth-order valence-electron chi connectivity index (χ4n) is 5.40. The lowest BCUT2D eigenvalue weighted by molar-refractivity contribution is -0.180. The monoisotopic (exact) mass is 486 g/mol. The van der Waals surface area contributed by atoms with Crippen molar-refractivity contribution in [2.75, 3.05) is 14.2 Å². The van der Waals surface area contributed by atoms with Crippen LogP contribution in [0, 0.1) is 17.3 Å². The van der Waals surface area contributed by atoms with Crippen LogP contribution in [0.25, 0.3) is 0 Å². The molecule has 2 aromatic carbocycles. The van der Waals surface area contributed by atoms with Gasteiger partial charge in [0.15, 0.2) is 5.41 Å². The Hall–Kier alpha value is -3.20. The highest BCUT2D eigenvalue weighted by atomic mass is 32.2. The zero-order valence-electron chi connectivity index (χ0n) is 18.9. The van der Waals surface area contributed by atoms with Crippen molar-refractivity contribution >= 4 is 27.7 Å². The van der Waals surface area contributed by atoms with E-state index in [1.165, 1.54) is 7.11 Å². The van der Waals surface area contributed by atoms with Gasteiger partial charge in [0.1, 0.15) is 0 Å². The first-order valence-electron chi connectivity index (χ1n) is 11.0. The number of ether oxygens (including phenoxy) is 2. The van der Waals surface area contributed by atoms with E-state index in [2.05, 4.69) is 0 Å². The van der Waals surface area contributed by atoms with Gasteiger partial charge in [-0.15, -0.1) is 0 Å². The Kier molecular flexibility index (Phi) is 6.24. The molecule has 1 heterocycles. The molecular formula is C25H26O8S. The number of aliphatic carboxylic acids is 1. The molecule has 0 radical (unpaired) electrons. The average Bonchev–Trinajstić information content (AvgIpc) is 2.81. The van der Waals surface area contributed by atoms with Crippen molar-refractivity contribution in [2.24, 2.45) is 17.3 Å². The van der Waals surface area contributed by atoms with Crippen LogP contribution in [-0.2, 0) is 33.7 Å². The summed E-state index contributed by atoms with van der Waals surface area (Å²) in [5.74, 6) is -4.08. The number of esters is 2. The number of benzene rings is 2. The number of carbonyl (C=O) groups is 3. The fraction of sp³-hybridized carbons (Fsp3) is 0.400. The van der Waals surface area contributed by atoms with Gasteiger partial charge in [-0.25, -0.2) is 8.42 Å². The lowest BCUT2D eigenvalue weighted by Crippen LogP contribution is -2.52. The zero-order valence-corrected chi connectivity index (χ0v) is 19.7. The first-order valence-corrected chi connectivity index (χ1v) is 12.5. The van der Waals surface area contributed by atoms with Gasteiger partial charge < -0.3 is 14.6 Å². The van der Waals surface area contributed by atoms with Gasteiger partial charge in [0.25, 0.3) is 0 Å². The molecule has 0 aromatic heterocycles. The van der Waals surface area contributed by atoms with E-state index in [0.717, 1.165) is 7.11 Å². The van der Waals surface area contributed by atoms with Crippen LogP contribution in [0.4, 0.5) is 0 Å². The summed E-state index contributed by atoms with van der Waals surface area (Å²) in [7, 11) is -1.30. The van der Waals surface area contributed by atoms with Crippen molar-refractivity contribution in [3.8, 4) is 0 Å². The van der Waals surface area contributed by atoms with E-state index in [0.29, 0.717) is 11.1 Å². The Bertz CT molecular complexity index is 1190. The second-order valence-corrected chi connectivity index (χ2v) is 10.7. The number of carbonyl (C=O) groups excluding carboxylic acids is 2. The third kappa shape index (κ3) is 3.58. The molecule has 1 atom stereocenters. The first kappa shape index (κ1) is 23.9. The fourth-order valence-corrected chi connectivity index (χ4v) is 7.19. The lowest BCUT2D eigenvalue weighted by Gasteiger charge is -2.44. The molecule has 1 unspecified atom stereocenters. The van der Waals surface area contributed by atoms with Crippen LogP contribution in [0.3, 0.4) is 0 Å². The Morgan fingerprint density at radius 2 is 1.47 bits per heavy atom. The summed E-state index contributed by atoms with van der Waals surface area (Å²) in [6.07, 6.45) is 0.561. The minimum atomic E-state index is -3.71. The molecular weight excluding hydrogens is 460 g/mol. The normalized spacial score (nSPS) is 22.3. The average molecular weight is 487 g/mol. The van der Waals surface area contributed by atoms with E-state index in [-0.39, 0.29) is 35.5 Å². The van der Waals surface area contributed by atoms with Gasteiger partial charge in [-0.1, -0.05) is 36.4 Å². The van der Waals surface area contributed by atoms with Gasteiger partial charge in [0.2, 0.25) is 9.84 Å². The minimum absolute atomic E-state index is 0.0685. The molecule has 2 aliphatic rings. The predicted molar refractivity (Wildman–Crippen MR) is 120 cm³/mol. The Labute approximate surface area is 197 Å². The molecule has 1 aliphatic heterocycles. The molecule has 0 amide bonds. The van der Waals surface area contributed by atoms with E-state index < -0.39 is 50.9 Å². The van der Waals surface area contributed by atoms with Gasteiger partial charge >= 0.3 is 17.9 Å². The molecule has 0 saturated heterocycles. The van der Waals surface area contributed by atoms with Crippen LogP contribution in [-0.4, -0.2) is 45.7 Å². The van der Waals surface area contributed by atoms with Gasteiger partial charge in [-0.3, -0.25) is 14.4 Å². The molecule has 1 saturated carbocycles. The number of rotatable bonds is 7. The highest BCUT2D eigenvalue weighted by molar-refractivity contribution is 7.91. The maximum Gasteiger partial charge on any atom is 0.323 e. The number of carboxylic acids is 1. The Morgan fingerprint density at radius 3 is 1.94 bits per heavy atom. The van der Waals surface area contributed by atoms with Crippen LogP contribution < -0.4 is 0 Å². The quantitative estimate of drug-likeness (QED) is 0.467. The maximum absolute atomic E-state index is 13.2. The molecule has 1 aliphatic carbocycles. The molecule has 8 nitrogen and oxygen atoms in total. The molecule has 1 N–H and O–H groups in total. The first-order chi connectivity index (χ1) is 16.2. The van der Waals surface area contributed by atoms with Crippen LogP contribution in [0.15, 0.2) is 58.3 Å². The van der Waals surface area contributed by atoms with Crippen LogP contribution in [0.5, 0.6) is 0 Å². The summed E-state index contributed by atoms with van der Waals surface area (Å²) in [5.41, 5.74) is -0.697. The largest absolute Gasteiger partial charge is 0.480 e. The minimum Gasteiger partial charge on any atom is -0.480 e. The number of sulfone groups is 1. The van der Waals surface area contributed by atoms with Crippen molar-refractivity contribution in [3.05, 3.63) is 59.7 Å². The number of methoxy groups -OCH3 is 2.